The Labute approximate surface area is 102 Å². The Kier molecular flexibility index (Phi) is 5.66. The van der Waals surface area contributed by atoms with Gasteiger partial charge in [-0.25, -0.2) is 0 Å². The Morgan fingerprint density at radius 2 is 2.06 bits per heavy atom. The minimum Gasteiger partial charge on any atom is -0.380 e. The van der Waals surface area contributed by atoms with Gasteiger partial charge in [0.05, 0.1) is 6.61 Å². The number of rotatable bonds is 6. The summed E-state index contributed by atoms with van der Waals surface area (Å²) in [5.74, 6) is -0.0871. The predicted molar refractivity (Wildman–Crippen MR) is 67.5 cm³/mol. The molecule has 1 rings (SSSR count). The zero-order valence-corrected chi connectivity index (χ0v) is 10.4. The van der Waals surface area contributed by atoms with E-state index in [1.165, 1.54) is 0 Å². The number of nitrogens with two attached hydrogens (primary N) is 1. The third-order valence-electron chi connectivity index (χ3n) is 2.58. The summed E-state index contributed by atoms with van der Waals surface area (Å²) in [6.45, 7) is 3.69. The molecule has 0 heterocycles. The summed E-state index contributed by atoms with van der Waals surface area (Å²) in [4.78, 5) is 13.6. The number of benzene rings is 1. The fraction of sp³-hybridized carbons (Fsp3) is 0.462. The van der Waals surface area contributed by atoms with Gasteiger partial charge in [-0.3, -0.25) is 4.79 Å². The van der Waals surface area contributed by atoms with Crippen LogP contribution in [0.2, 0.25) is 0 Å². The van der Waals surface area contributed by atoms with Crippen LogP contribution in [0.4, 0.5) is 0 Å². The highest BCUT2D eigenvalue weighted by atomic mass is 16.5. The van der Waals surface area contributed by atoms with Crippen molar-refractivity contribution in [2.24, 2.45) is 5.73 Å². The molecule has 0 aromatic heterocycles. The minimum absolute atomic E-state index is 0.0871. The summed E-state index contributed by atoms with van der Waals surface area (Å²) in [7, 11) is 1.74. The molecule has 1 atom stereocenters. The molecule has 1 unspecified atom stereocenters. The zero-order chi connectivity index (χ0) is 12.7. The van der Waals surface area contributed by atoms with E-state index in [1.807, 2.05) is 37.3 Å². The minimum atomic E-state index is -0.595. The van der Waals surface area contributed by atoms with Gasteiger partial charge < -0.3 is 15.4 Å². The number of nitrogens with zero attached hydrogens (tertiary/aromatic N) is 1. The van der Waals surface area contributed by atoms with Crippen LogP contribution in [0.5, 0.6) is 0 Å². The second kappa shape index (κ2) is 7.04. The maximum absolute atomic E-state index is 12.0. The predicted octanol–water partition coefficient (Wildman–Crippen LogP) is 1.18. The van der Waals surface area contributed by atoms with Crippen molar-refractivity contribution in [1.29, 1.82) is 0 Å². The van der Waals surface area contributed by atoms with Crippen molar-refractivity contribution in [2.75, 3.05) is 26.8 Å². The second-order valence-electron chi connectivity index (χ2n) is 3.85. The highest BCUT2D eigenvalue weighted by Gasteiger charge is 2.19. The molecule has 0 saturated carbocycles. The Morgan fingerprint density at radius 1 is 1.41 bits per heavy atom. The van der Waals surface area contributed by atoms with Gasteiger partial charge >= 0.3 is 0 Å². The zero-order valence-electron chi connectivity index (χ0n) is 10.4. The molecule has 0 aliphatic rings. The van der Waals surface area contributed by atoms with E-state index < -0.39 is 6.04 Å². The third-order valence-corrected chi connectivity index (χ3v) is 2.58. The van der Waals surface area contributed by atoms with Gasteiger partial charge in [0.15, 0.2) is 0 Å². The SMILES string of the molecule is CCOCCN(C)C(=O)C(N)c1ccccc1. The highest BCUT2D eigenvalue weighted by Crippen LogP contribution is 2.11. The Hall–Kier alpha value is -1.39. The molecule has 4 heteroatoms. The molecular weight excluding hydrogens is 216 g/mol. The normalized spacial score (nSPS) is 12.2. The molecule has 0 fully saturated rings. The van der Waals surface area contributed by atoms with Gasteiger partial charge in [0.2, 0.25) is 5.91 Å². The van der Waals surface area contributed by atoms with Crippen LogP contribution in [-0.2, 0) is 9.53 Å². The number of hydrogen-bond acceptors (Lipinski definition) is 3. The average molecular weight is 236 g/mol. The van der Waals surface area contributed by atoms with Crippen LogP contribution in [0, 0.1) is 0 Å². The number of carbonyl (C=O) groups excluding carboxylic acids is 1. The highest BCUT2D eigenvalue weighted by molar-refractivity contribution is 5.82. The van der Waals surface area contributed by atoms with Crippen LogP contribution in [0.25, 0.3) is 0 Å². The third kappa shape index (κ3) is 4.17. The van der Waals surface area contributed by atoms with Gasteiger partial charge in [0.1, 0.15) is 6.04 Å². The number of likely N-dealkylation sites (N-methyl/N-ethyl adjacent to an activating group) is 1. The standard InChI is InChI=1S/C13H20N2O2/c1-3-17-10-9-15(2)13(16)12(14)11-7-5-4-6-8-11/h4-8,12H,3,9-10,14H2,1-2H3. The monoisotopic (exact) mass is 236 g/mol. The van der Waals surface area contributed by atoms with E-state index in [1.54, 1.807) is 11.9 Å². The van der Waals surface area contributed by atoms with E-state index in [-0.39, 0.29) is 5.91 Å². The molecule has 17 heavy (non-hydrogen) atoms. The second-order valence-corrected chi connectivity index (χ2v) is 3.85. The molecule has 0 spiro atoms. The lowest BCUT2D eigenvalue weighted by Gasteiger charge is -2.21. The molecule has 1 aromatic carbocycles. The molecule has 2 N–H and O–H groups in total. The summed E-state index contributed by atoms with van der Waals surface area (Å²) in [6, 6.07) is 8.78. The first kappa shape index (κ1) is 13.7. The molecule has 0 saturated heterocycles. The quantitative estimate of drug-likeness (QED) is 0.755. The van der Waals surface area contributed by atoms with Gasteiger partial charge in [0.25, 0.3) is 0 Å². The topological polar surface area (TPSA) is 55.6 Å². The van der Waals surface area contributed by atoms with Crippen LogP contribution in [0.3, 0.4) is 0 Å². The van der Waals surface area contributed by atoms with E-state index >= 15 is 0 Å². The molecule has 0 bridgehead atoms. The summed E-state index contributed by atoms with van der Waals surface area (Å²) >= 11 is 0. The van der Waals surface area contributed by atoms with E-state index in [9.17, 15) is 4.79 Å². The number of amides is 1. The molecule has 0 aliphatic carbocycles. The van der Waals surface area contributed by atoms with E-state index in [0.717, 1.165) is 5.56 Å². The van der Waals surface area contributed by atoms with Gasteiger partial charge in [-0.2, -0.15) is 0 Å². The van der Waals surface area contributed by atoms with Crippen LogP contribution < -0.4 is 5.73 Å². The van der Waals surface area contributed by atoms with Crippen molar-refractivity contribution in [2.45, 2.75) is 13.0 Å². The fourth-order valence-corrected chi connectivity index (χ4v) is 1.50. The van der Waals surface area contributed by atoms with Crippen molar-refractivity contribution < 1.29 is 9.53 Å². The van der Waals surface area contributed by atoms with Crippen LogP contribution in [0.15, 0.2) is 30.3 Å². The molecule has 4 nitrogen and oxygen atoms in total. The van der Waals surface area contributed by atoms with Gasteiger partial charge in [-0.1, -0.05) is 30.3 Å². The van der Waals surface area contributed by atoms with E-state index in [0.29, 0.717) is 19.8 Å². The summed E-state index contributed by atoms with van der Waals surface area (Å²) in [6.07, 6.45) is 0. The summed E-state index contributed by atoms with van der Waals surface area (Å²) in [5.41, 5.74) is 6.75. The maximum atomic E-state index is 12.0. The molecular formula is C13H20N2O2. The van der Waals surface area contributed by atoms with Crippen LogP contribution >= 0.6 is 0 Å². The number of hydrogen-bond donors (Lipinski definition) is 1. The van der Waals surface area contributed by atoms with Gasteiger partial charge in [-0.05, 0) is 12.5 Å². The van der Waals surface area contributed by atoms with Crippen molar-refractivity contribution in [1.82, 2.24) is 4.90 Å². The average Bonchev–Trinajstić information content (AvgIpc) is 2.38. The van der Waals surface area contributed by atoms with Crippen LogP contribution in [0.1, 0.15) is 18.5 Å². The first-order valence-electron chi connectivity index (χ1n) is 5.80. The lowest BCUT2D eigenvalue weighted by Crippen LogP contribution is -2.37. The van der Waals surface area contributed by atoms with Crippen molar-refractivity contribution in [3.63, 3.8) is 0 Å². The van der Waals surface area contributed by atoms with Crippen molar-refractivity contribution >= 4 is 5.91 Å². The Bertz CT molecular complexity index is 341. The Morgan fingerprint density at radius 3 is 2.65 bits per heavy atom. The smallest absolute Gasteiger partial charge is 0.243 e. The van der Waals surface area contributed by atoms with Gasteiger partial charge in [-0.15, -0.1) is 0 Å². The lowest BCUT2D eigenvalue weighted by molar-refractivity contribution is -0.132. The lowest BCUT2D eigenvalue weighted by atomic mass is 10.1. The van der Waals surface area contributed by atoms with Crippen LogP contribution in [-0.4, -0.2) is 37.6 Å². The first-order chi connectivity index (χ1) is 8.16. The molecule has 0 aliphatic heterocycles. The molecule has 94 valence electrons. The first-order valence-corrected chi connectivity index (χ1v) is 5.80. The number of carbonyl (C=O) groups is 1. The largest absolute Gasteiger partial charge is 0.380 e. The molecule has 1 amide bonds. The molecule has 0 radical (unpaired) electrons. The number of ether oxygens (including phenoxy) is 1. The van der Waals surface area contributed by atoms with Gasteiger partial charge in [0, 0.05) is 20.2 Å². The summed E-state index contributed by atoms with van der Waals surface area (Å²) in [5, 5.41) is 0. The summed E-state index contributed by atoms with van der Waals surface area (Å²) < 4.78 is 5.21. The Balaban J connectivity index is 2.51. The molecule has 1 aromatic rings. The fourth-order valence-electron chi connectivity index (χ4n) is 1.50. The van der Waals surface area contributed by atoms with E-state index in [2.05, 4.69) is 0 Å². The van der Waals surface area contributed by atoms with Crippen molar-refractivity contribution in [3.8, 4) is 0 Å². The maximum Gasteiger partial charge on any atom is 0.243 e. The van der Waals surface area contributed by atoms with Crippen molar-refractivity contribution in [3.05, 3.63) is 35.9 Å². The van der Waals surface area contributed by atoms with E-state index in [4.69, 9.17) is 10.5 Å².